The number of carbonyl (C=O) groups excluding carboxylic acids is 1. The third-order valence-corrected chi connectivity index (χ3v) is 5.42. The van der Waals surface area contributed by atoms with E-state index in [1.54, 1.807) is 23.1 Å². The van der Waals surface area contributed by atoms with Gasteiger partial charge in [-0.15, -0.1) is 0 Å². The largest absolute Gasteiger partial charge is 0.481 e. The molecule has 2 unspecified atom stereocenters. The summed E-state index contributed by atoms with van der Waals surface area (Å²) in [6.45, 7) is 6.57. The van der Waals surface area contributed by atoms with E-state index < -0.39 is 18.2 Å². The summed E-state index contributed by atoms with van der Waals surface area (Å²) < 4.78 is 6.27. The monoisotopic (exact) mass is 449 g/mol. The Balaban J connectivity index is 2.17. The van der Waals surface area contributed by atoms with Crippen LogP contribution in [0.2, 0.25) is 10.0 Å². The van der Waals surface area contributed by atoms with Crippen LogP contribution in [0, 0.1) is 5.41 Å². The van der Waals surface area contributed by atoms with Crippen molar-refractivity contribution in [2.24, 2.45) is 5.41 Å². The van der Waals surface area contributed by atoms with Gasteiger partial charge in [-0.05, 0) is 36.1 Å². The second kappa shape index (κ2) is 8.96. The van der Waals surface area contributed by atoms with Crippen molar-refractivity contribution in [1.29, 1.82) is 0 Å². The van der Waals surface area contributed by atoms with Gasteiger partial charge in [0.25, 0.3) is 5.91 Å². The Morgan fingerprint density at radius 2 is 1.83 bits per heavy atom. The predicted molar refractivity (Wildman–Crippen MR) is 118 cm³/mol. The molecule has 3 rings (SSSR count). The Morgan fingerprint density at radius 1 is 1.13 bits per heavy atom. The molecular weight excluding hydrogens is 425 g/mol. The summed E-state index contributed by atoms with van der Waals surface area (Å²) >= 11 is 12.8. The van der Waals surface area contributed by atoms with Crippen LogP contribution in [-0.2, 0) is 14.3 Å². The molecule has 2 aromatic rings. The van der Waals surface area contributed by atoms with Crippen molar-refractivity contribution in [3.8, 4) is 0 Å². The molecule has 30 heavy (non-hydrogen) atoms. The normalized spacial score (nSPS) is 19.4. The summed E-state index contributed by atoms with van der Waals surface area (Å²) in [7, 11) is 0. The van der Waals surface area contributed by atoms with E-state index in [1.807, 2.05) is 45.0 Å². The van der Waals surface area contributed by atoms with Crippen molar-refractivity contribution in [2.75, 3.05) is 11.4 Å². The van der Waals surface area contributed by atoms with E-state index in [9.17, 15) is 14.7 Å². The fraction of sp³-hybridized carbons (Fsp3) is 0.391. The number of carbonyl (C=O) groups is 2. The van der Waals surface area contributed by atoms with Crippen molar-refractivity contribution in [3.05, 3.63) is 63.6 Å². The Labute approximate surface area is 186 Å². The quantitative estimate of drug-likeness (QED) is 0.632. The highest BCUT2D eigenvalue weighted by molar-refractivity contribution is 6.31. The second-order valence-electron chi connectivity index (χ2n) is 8.65. The molecule has 1 aliphatic rings. The van der Waals surface area contributed by atoms with E-state index in [0.717, 1.165) is 5.56 Å². The SMILES string of the molecule is CC(C)(C)CN1C(=O)C(CCC(=O)O)OC(c2ccccc2Cl)c2cc(Cl)ccc21. The molecule has 1 N–H and O–H groups in total. The van der Waals surface area contributed by atoms with Crippen LogP contribution in [0.1, 0.15) is 50.8 Å². The van der Waals surface area contributed by atoms with E-state index in [-0.39, 0.29) is 24.2 Å². The molecule has 7 heteroatoms. The summed E-state index contributed by atoms with van der Waals surface area (Å²) in [6, 6.07) is 12.6. The van der Waals surface area contributed by atoms with E-state index in [0.29, 0.717) is 27.8 Å². The third-order valence-electron chi connectivity index (χ3n) is 4.85. The average Bonchev–Trinajstić information content (AvgIpc) is 2.75. The van der Waals surface area contributed by atoms with Crippen LogP contribution < -0.4 is 4.90 Å². The van der Waals surface area contributed by atoms with Gasteiger partial charge >= 0.3 is 5.97 Å². The summed E-state index contributed by atoms with van der Waals surface area (Å²) in [6.07, 6.45) is -1.68. The number of aliphatic carboxylic acids is 1. The minimum absolute atomic E-state index is 0.0669. The van der Waals surface area contributed by atoms with Gasteiger partial charge in [0.1, 0.15) is 12.2 Å². The Hall–Kier alpha value is -2.08. The van der Waals surface area contributed by atoms with Crippen molar-refractivity contribution in [1.82, 2.24) is 0 Å². The van der Waals surface area contributed by atoms with Crippen LogP contribution in [0.15, 0.2) is 42.5 Å². The zero-order chi connectivity index (χ0) is 22.1. The van der Waals surface area contributed by atoms with Gasteiger partial charge in [-0.2, -0.15) is 0 Å². The van der Waals surface area contributed by atoms with E-state index >= 15 is 0 Å². The number of halogens is 2. The number of amides is 1. The molecule has 0 saturated heterocycles. The molecule has 0 radical (unpaired) electrons. The summed E-state index contributed by atoms with van der Waals surface area (Å²) in [5.74, 6) is -1.24. The van der Waals surface area contributed by atoms with Crippen molar-refractivity contribution >= 4 is 40.8 Å². The molecule has 1 aliphatic heterocycles. The van der Waals surface area contributed by atoms with Crippen LogP contribution in [0.5, 0.6) is 0 Å². The van der Waals surface area contributed by atoms with Gasteiger partial charge < -0.3 is 14.7 Å². The molecule has 0 fully saturated rings. The molecule has 1 amide bonds. The van der Waals surface area contributed by atoms with Crippen molar-refractivity contribution in [2.45, 2.75) is 45.8 Å². The lowest BCUT2D eigenvalue weighted by Crippen LogP contribution is -2.43. The number of carboxylic acid groups (broad SMARTS) is 1. The molecule has 1 heterocycles. The van der Waals surface area contributed by atoms with Crippen LogP contribution >= 0.6 is 23.2 Å². The molecule has 160 valence electrons. The average molecular weight is 450 g/mol. The highest BCUT2D eigenvalue weighted by Crippen LogP contribution is 2.42. The maximum Gasteiger partial charge on any atom is 0.303 e. The molecular formula is C23H25Cl2NO4. The lowest BCUT2D eigenvalue weighted by atomic mass is 9.94. The van der Waals surface area contributed by atoms with Gasteiger partial charge in [-0.3, -0.25) is 9.59 Å². The Kier molecular flexibility index (Phi) is 6.75. The van der Waals surface area contributed by atoms with Gasteiger partial charge in [0.2, 0.25) is 0 Å². The standard InChI is InChI=1S/C23H25Cl2NO4/c1-23(2,3)13-26-18-9-8-14(24)12-16(18)21(15-6-4-5-7-17(15)25)30-19(22(26)29)10-11-20(27)28/h4-9,12,19,21H,10-11,13H2,1-3H3,(H,27,28). The molecule has 2 aromatic carbocycles. The molecule has 2 atom stereocenters. The third kappa shape index (κ3) is 5.15. The molecule has 0 saturated carbocycles. The van der Waals surface area contributed by atoms with Crippen molar-refractivity contribution < 1.29 is 19.4 Å². The first-order valence-corrected chi connectivity index (χ1v) is 10.5. The molecule has 0 bridgehead atoms. The number of hydrogen-bond acceptors (Lipinski definition) is 3. The van der Waals surface area contributed by atoms with E-state index in [4.69, 9.17) is 27.9 Å². The number of hydrogen-bond donors (Lipinski definition) is 1. The second-order valence-corrected chi connectivity index (χ2v) is 9.49. The lowest BCUT2D eigenvalue weighted by Gasteiger charge is -2.31. The van der Waals surface area contributed by atoms with Crippen LogP contribution in [0.3, 0.4) is 0 Å². The number of fused-ring (bicyclic) bond motifs is 1. The number of carboxylic acids is 1. The van der Waals surface area contributed by atoms with E-state index in [2.05, 4.69) is 0 Å². The fourth-order valence-electron chi connectivity index (χ4n) is 3.58. The number of ether oxygens (including phenoxy) is 1. The minimum Gasteiger partial charge on any atom is -0.481 e. The smallest absolute Gasteiger partial charge is 0.303 e. The summed E-state index contributed by atoms with van der Waals surface area (Å²) in [4.78, 5) is 26.4. The fourth-order valence-corrected chi connectivity index (χ4v) is 4.00. The molecule has 0 aliphatic carbocycles. The van der Waals surface area contributed by atoms with E-state index in [1.165, 1.54) is 0 Å². The maximum atomic E-state index is 13.5. The summed E-state index contributed by atoms with van der Waals surface area (Å²) in [5.41, 5.74) is 1.94. The first-order valence-electron chi connectivity index (χ1n) is 9.79. The molecule has 5 nitrogen and oxygen atoms in total. The van der Waals surface area contributed by atoms with Gasteiger partial charge in [-0.1, -0.05) is 62.2 Å². The predicted octanol–water partition coefficient (Wildman–Crippen LogP) is 5.73. The number of benzene rings is 2. The number of rotatable bonds is 5. The molecule has 0 spiro atoms. The van der Waals surface area contributed by atoms with Gasteiger partial charge in [0.05, 0.1) is 0 Å². The van der Waals surface area contributed by atoms with Crippen LogP contribution in [0.4, 0.5) is 5.69 Å². The van der Waals surface area contributed by atoms with Gasteiger partial charge in [0, 0.05) is 39.8 Å². The van der Waals surface area contributed by atoms with Gasteiger partial charge in [-0.25, -0.2) is 0 Å². The van der Waals surface area contributed by atoms with Crippen molar-refractivity contribution in [3.63, 3.8) is 0 Å². The number of nitrogens with zero attached hydrogens (tertiary/aromatic N) is 1. The van der Waals surface area contributed by atoms with Crippen LogP contribution in [-0.4, -0.2) is 29.6 Å². The zero-order valence-corrected chi connectivity index (χ0v) is 18.7. The minimum atomic E-state index is -0.979. The topological polar surface area (TPSA) is 66.8 Å². The zero-order valence-electron chi connectivity index (χ0n) is 17.2. The Bertz CT molecular complexity index is 954. The lowest BCUT2D eigenvalue weighted by molar-refractivity contribution is -0.139. The first-order chi connectivity index (χ1) is 14.1. The Morgan fingerprint density at radius 3 is 2.47 bits per heavy atom. The maximum absolute atomic E-state index is 13.5. The highest BCUT2D eigenvalue weighted by atomic mass is 35.5. The highest BCUT2D eigenvalue weighted by Gasteiger charge is 2.38. The number of anilines is 1. The van der Waals surface area contributed by atoms with Crippen LogP contribution in [0.25, 0.3) is 0 Å². The first kappa shape index (κ1) is 22.6. The molecule has 0 aromatic heterocycles. The van der Waals surface area contributed by atoms with Gasteiger partial charge in [0.15, 0.2) is 0 Å². The summed E-state index contributed by atoms with van der Waals surface area (Å²) in [5, 5.41) is 10.2.